The number of likely N-dealkylation sites (tertiary alicyclic amines) is 1. The predicted molar refractivity (Wildman–Crippen MR) is 75.4 cm³/mol. The molecule has 1 fully saturated rings. The summed E-state index contributed by atoms with van der Waals surface area (Å²) in [7, 11) is 0. The molecule has 0 amide bonds. The fourth-order valence-corrected chi connectivity index (χ4v) is 2.74. The lowest BCUT2D eigenvalue weighted by Gasteiger charge is -2.32. The molecule has 0 atom stereocenters. The van der Waals surface area contributed by atoms with E-state index in [2.05, 4.69) is 25.3 Å². The number of aromatic nitrogens is 4. The standard InChI is InChI=1S/C13H17F3N6/c14-13(15,16)6-22-3-1-9(2-4-22)5-17-11-10-12(19-7-18-10)21-8-20-11/h7-9H,1-6H2,(H2,17,18,19,20,21). The van der Waals surface area contributed by atoms with E-state index in [0.29, 0.717) is 37.0 Å². The minimum absolute atomic E-state index is 0.345. The average Bonchev–Trinajstić information content (AvgIpc) is 2.94. The Labute approximate surface area is 125 Å². The maximum absolute atomic E-state index is 12.3. The molecule has 0 bridgehead atoms. The Hall–Kier alpha value is -1.90. The monoisotopic (exact) mass is 314 g/mol. The summed E-state index contributed by atoms with van der Waals surface area (Å²) in [5, 5.41) is 3.24. The molecule has 0 radical (unpaired) electrons. The van der Waals surface area contributed by atoms with Crippen LogP contribution < -0.4 is 5.32 Å². The van der Waals surface area contributed by atoms with Crippen molar-refractivity contribution < 1.29 is 13.2 Å². The van der Waals surface area contributed by atoms with E-state index in [1.165, 1.54) is 11.2 Å². The van der Waals surface area contributed by atoms with Crippen LogP contribution in [0.3, 0.4) is 0 Å². The van der Waals surface area contributed by atoms with Gasteiger partial charge in [0.25, 0.3) is 0 Å². The van der Waals surface area contributed by atoms with Crippen LogP contribution in [0, 0.1) is 5.92 Å². The lowest BCUT2D eigenvalue weighted by atomic mass is 9.97. The number of anilines is 1. The molecule has 0 aromatic carbocycles. The molecule has 0 spiro atoms. The number of alkyl halides is 3. The highest BCUT2D eigenvalue weighted by atomic mass is 19.4. The number of rotatable bonds is 4. The predicted octanol–water partition coefficient (Wildman–Crippen LogP) is 2.04. The van der Waals surface area contributed by atoms with Crippen LogP contribution in [0.2, 0.25) is 0 Å². The van der Waals surface area contributed by atoms with Gasteiger partial charge in [0, 0.05) is 6.54 Å². The first-order valence-corrected chi connectivity index (χ1v) is 7.18. The quantitative estimate of drug-likeness (QED) is 0.904. The fraction of sp³-hybridized carbons (Fsp3) is 0.615. The van der Waals surface area contributed by atoms with Crippen LogP contribution in [0.25, 0.3) is 11.2 Å². The van der Waals surface area contributed by atoms with Crippen LogP contribution in [-0.4, -0.2) is 57.2 Å². The van der Waals surface area contributed by atoms with Gasteiger partial charge in [-0.2, -0.15) is 13.2 Å². The van der Waals surface area contributed by atoms with E-state index < -0.39 is 12.7 Å². The Balaban J connectivity index is 1.50. The molecule has 0 aliphatic carbocycles. The van der Waals surface area contributed by atoms with Crippen molar-refractivity contribution in [2.75, 3.05) is 31.5 Å². The molecule has 2 N–H and O–H groups in total. The summed E-state index contributed by atoms with van der Waals surface area (Å²) >= 11 is 0. The Morgan fingerprint density at radius 3 is 2.73 bits per heavy atom. The number of nitrogens with one attached hydrogen (secondary N) is 2. The van der Waals surface area contributed by atoms with Crippen LogP contribution in [0.5, 0.6) is 0 Å². The summed E-state index contributed by atoms with van der Waals surface area (Å²) < 4.78 is 37.0. The number of hydrogen-bond donors (Lipinski definition) is 2. The van der Waals surface area contributed by atoms with Gasteiger partial charge in [-0.1, -0.05) is 0 Å². The van der Waals surface area contributed by atoms with Crippen LogP contribution in [0.15, 0.2) is 12.7 Å². The van der Waals surface area contributed by atoms with Crippen molar-refractivity contribution in [2.45, 2.75) is 19.0 Å². The van der Waals surface area contributed by atoms with Crippen molar-refractivity contribution in [1.82, 2.24) is 24.8 Å². The highest BCUT2D eigenvalue weighted by Crippen LogP contribution is 2.23. The zero-order valence-electron chi connectivity index (χ0n) is 11.9. The Kier molecular flexibility index (Phi) is 4.14. The highest BCUT2D eigenvalue weighted by Gasteiger charge is 2.32. The van der Waals surface area contributed by atoms with Gasteiger partial charge in [-0.05, 0) is 31.8 Å². The molecule has 2 aromatic rings. The number of H-pyrrole nitrogens is 1. The number of fused-ring (bicyclic) bond motifs is 1. The van der Waals surface area contributed by atoms with Crippen molar-refractivity contribution in [1.29, 1.82) is 0 Å². The Morgan fingerprint density at radius 2 is 2.00 bits per heavy atom. The number of halogens is 3. The van der Waals surface area contributed by atoms with E-state index >= 15 is 0 Å². The van der Waals surface area contributed by atoms with E-state index in [4.69, 9.17) is 0 Å². The van der Waals surface area contributed by atoms with Crippen molar-refractivity contribution >= 4 is 17.0 Å². The minimum atomic E-state index is -4.11. The maximum Gasteiger partial charge on any atom is 0.401 e. The first kappa shape index (κ1) is 15.0. The molecule has 0 saturated carbocycles. The van der Waals surface area contributed by atoms with Crippen molar-refractivity contribution in [3.05, 3.63) is 12.7 Å². The van der Waals surface area contributed by atoms with Crippen LogP contribution in [0.4, 0.5) is 19.0 Å². The molecule has 2 aromatic heterocycles. The number of hydrogen-bond acceptors (Lipinski definition) is 5. The van der Waals surface area contributed by atoms with Gasteiger partial charge in [0.2, 0.25) is 0 Å². The third kappa shape index (κ3) is 3.65. The van der Waals surface area contributed by atoms with Gasteiger partial charge in [0.05, 0.1) is 12.9 Å². The summed E-state index contributed by atoms with van der Waals surface area (Å²) in [5.41, 5.74) is 1.34. The topological polar surface area (TPSA) is 69.7 Å². The van der Waals surface area contributed by atoms with Crippen LogP contribution >= 0.6 is 0 Å². The number of nitrogens with zero attached hydrogens (tertiary/aromatic N) is 4. The molecule has 120 valence electrons. The molecular weight excluding hydrogens is 297 g/mol. The second-order valence-electron chi connectivity index (χ2n) is 5.54. The smallest absolute Gasteiger partial charge is 0.368 e. The third-order valence-electron chi connectivity index (χ3n) is 3.89. The van der Waals surface area contributed by atoms with Crippen molar-refractivity contribution in [3.8, 4) is 0 Å². The summed E-state index contributed by atoms with van der Waals surface area (Å²) in [6.07, 6.45) is 0.385. The molecule has 9 heteroatoms. The van der Waals surface area contributed by atoms with E-state index in [9.17, 15) is 13.2 Å². The summed E-state index contributed by atoms with van der Waals surface area (Å²) in [4.78, 5) is 16.7. The first-order chi connectivity index (χ1) is 10.5. The van der Waals surface area contributed by atoms with Crippen molar-refractivity contribution in [2.24, 2.45) is 5.92 Å². The molecular formula is C13H17F3N6. The van der Waals surface area contributed by atoms with Gasteiger partial charge in [0.1, 0.15) is 11.8 Å². The molecule has 6 nitrogen and oxygen atoms in total. The van der Waals surface area contributed by atoms with Gasteiger partial charge in [-0.15, -0.1) is 0 Å². The lowest BCUT2D eigenvalue weighted by Crippen LogP contribution is -2.41. The van der Waals surface area contributed by atoms with E-state index in [1.807, 2.05) is 0 Å². The van der Waals surface area contributed by atoms with Crippen LogP contribution in [-0.2, 0) is 0 Å². The SMILES string of the molecule is FC(F)(F)CN1CCC(CNc2ncnc3nc[nH]c23)CC1. The van der Waals surface area contributed by atoms with Gasteiger partial charge < -0.3 is 10.3 Å². The fourth-order valence-electron chi connectivity index (χ4n) is 2.74. The lowest BCUT2D eigenvalue weighted by molar-refractivity contribution is -0.148. The summed E-state index contributed by atoms with van der Waals surface area (Å²) in [6, 6.07) is 0. The van der Waals surface area contributed by atoms with Crippen LogP contribution in [0.1, 0.15) is 12.8 Å². The van der Waals surface area contributed by atoms with Gasteiger partial charge in [0.15, 0.2) is 11.5 Å². The summed E-state index contributed by atoms with van der Waals surface area (Å²) in [5.74, 6) is 1.03. The minimum Gasteiger partial charge on any atom is -0.368 e. The second kappa shape index (κ2) is 6.07. The van der Waals surface area contributed by atoms with Gasteiger partial charge in [-0.3, -0.25) is 4.90 Å². The maximum atomic E-state index is 12.3. The molecule has 1 aliphatic heterocycles. The normalized spacial score (nSPS) is 18.0. The molecule has 3 rings (SSSR count). The third-order valence-corrected chi connectivity index (χ3v) is 3.89. The van der Waals surface area contributed by atoms with E-state index in [0.717, 1.165) is 18.4 Å². The zero-order chi connectivity index (χ0) is 15.6. The Morgan fingerprint density at radius 1 is 1.23 bits per heavy atom. The first-order valence-electron chi connectivity index (χ1n) is 7.18. The molecule has 0 unspecified atom stereocenters. The summed E-state index contributed by atoms with van der Waals surface area (Å²) in [6.45, 7) is 0.836. The van der Waals surface area contributed by atoms with Gasteiger partial charge >= 0.3 is 6.18 Å². The Bertz CT molecular complexity index is 618. The molecule has 3 heterocycles. The highest BCUT2D eigenvalue weighted by molar-refractivity contribution is 5.81. The number of piperidine rings is 1. The number of imidazole rings is 1. The molecule has 1 aliphatic rings. The van der Waals surface area contributed by atoms with Crippen molar-refractivity contribution in [3.63, 3.8) is 0 Å². The average molecular weight is 314 g/mol. The van der Waals surface area contributed by atoms with E-state index in [1.54, 1.807) is 6.33 Å². The molecule has 22 heavy (non-hydrogen) atoms. The zero-order valence-corrected chi connectivity index (χ0v) is 11.9. The van der Waals surface area contributed by atoms with Gasteiger partial charge in [-0.25, -0.2) is 15.0 Å². The number of aromatic amines is 1. The largest absolute Gasteiger partial charge is 0.401 e. The second-order valence-corrected chi connectivity index (χ2v) is 5.54. The van der Waals surface area contributed by atoms with E-state index in [-0.39, 0.29) is 0 Å². The molecule has 1 saturated heterocycles.